The number of unbranched alkanes of at least 4 members (excludes halogenated alkanes) is 1. The van der Waals surface area contributed by atoms with Crippen molar-refractivity contribution in [3.8, 4) is 0 Å². The molecule has 5 heteroatoms. The molecule has 0 rings (SSSR count). The third kappa shape index (κ3) is 7.76. The minimum atomic E-state index is -3.06. The second kappa shape index (κ2) is 6.80. The van der Waals surface area contributed by atoms with Gasteiger partial charge in [0, 0.05) is 10.9 Å². The highest BCUT2D eigenvalue weighted by Gasteiger charge is 2.14. The molecule has 2 atom stereocenters. The second-order valence-electron chi connectivity index (χ2n) is 3.71. The summed E-state index contributed by atoms with van der Waals surface area (Å²) >= 11 is 3.40. The van der Waals surface area contributed by atoms with Gasteiger partial charge in [-0.2, -0.15) is 0 Å². The molecule has 0 aliphatic heterocycles. The molecule has 86 valence electrons. The maximum absolute atomic E-state index is 11.5. The van der Waals surface area contributed by atoms with Crippen LogP contribution in [-0.4, -0.2) is 25.0 Å². The van der Waals surface area contributed by atoms with Gasteiger partial charge in [0.1, 0.15) is 0 Å². The predicted molar refractivity (Wildman–Crippen MR) is 64.3 cm³/mol. The molecule has 0 heterocycles. The second-order valence-corrected chi connectivity index (χ2v) is 7.14. The van der Waals surface area contributed by atoms with Crippen molar-refractivity contribution < 1.29 is 8.42 Å². The summed E-state index contributed by atoms with van der Waals surface area (Å²) < 4.78 is 25.6. The number of alkyl halides is 1. The van der Waals surface area contributed by atoms with Gasteiger partial charge in [-0.3, -0.25) is 0 Å². The standard InChI is InChI=1S/C9H20BrNO2S/c1-4-5-6-14(12,13)11-9(3)7-8(2)10/h8-9,11H,4-7H2,1-3H3. The fourth-order valence-electron chi connectivity index (χ4n) is 1.24. The van der Waals surface area contributed by atoms with Crippen molar-refractivity contribution >= 4 is 26.0 Å². The summed E-state index contributed by atoms with van der Waals surface area (Å²) in [4.78, 5) is 0.339. The normalized spacial score (nSPS) is 16.6. The lowest BCUT2D eigenvalue weighted by Crippen LogP contribution is -2.35. The predicted octanol–water partition coefficient (Wildman–Crippen LogP) is 2.27. The Morgan fingerprint density at radius 1 is 1.36 bits per heavy atom. The molecule has 1 N–H and O–H groups in total. The molecule has 0 aliphatic rings. The number of rotatable bonds is 7. The minimum Gasteiger partial charge on any atom is -0.212 e. The van der Waals surface area contributed by atoms with E-state index in [0.717, 1.165) is 19.3 Å². The third-order valence-electron chi connectivity index (χ3n) is 1.83. The van der Waals surface area contributed by atoms with E-state index in [-0.39, 0.29) is 11.8 Å². The molecule has 0 aromatic rings. The van der Waals surface area contributed by atoms with Crippen LogP contribution in [0.4, 0.5) is 0 Å². The minimum absolute atomic E-state index is 0.00577. The van der Waals surface area contributed by atoms with Crippen LogP contribution < -0.4 is 4.72 Å². The first-order valence-corrected chi connectivity index (χ1v) is 7.58. The molecule has 0 aromatic heterocycles. The molecule has 0 saturated carbocycles. The molecule has 0 fully saturated rings. The van der Waals surface area contributed by atoms with Crippen molar-refractivity contribution in [1.29, 1.82) is 0 Å². The number of sulfonamides is 1. The molecule has 0 aliphatic carbocycles. The Bertz CT molecular complexity index is 239. The molecule has 0 spiro atoms. The van der Waals surface area contributed by atoms with Crippen molar-refractivity contribution in [3.05, 3.63) is 0 Å². The van der Waals surface area contributed by atoms with E-state index in [2.05, 4.69) is 20.7 Å². The molecular weight excluding hydrogens is 266 g/mol. The fourth-order valence-corrected chi connectivity index (χ4v) is 3.29. The van der Waals surface area contributed by atoms with Crippen LogP contribution in [0.3, 0.4) is 0 Å². The van der Waals surface area contributed by atoms with Crippen LogP contribution in [0.5, 0.6) is 0 Å². The molecule has 3 nitrogen and oxygen atoms in total. The van der Waals surface area contributed by atoms with E-state index in [1.54, 1.807) is 0 Å². The van der Waals surface area contributed by atoms with Crippen LogP contribution in [0, 0.1) is 0 Å². The monoisotopic (exact) mass is 285 g/mol. The summed E-state index contributed by atoms with van der Waals surface area (Å²) in [6.45, 7) is 5.89. The number of halogens is 1. The highest BCUT2D eigenvalue weighted by molar-refractivity contribution is 9.09. The Balaban J connectivity index is 3.96. The average Bonchev–Trinajstić information content (AvgIpc) is 1.98. The van der Waals surface area contributed by atoms with Gasteiger partial charge in [0.25, 0.3) is 0 Å². The Morgan fingerprint density at radius 2 is 1.93 bits per heavy atom. The smallest absolute Gasteiger partial charge is 0.211 e. The van der Waals surface area contributed by atoms with E-state index in [1.807, 2.05) is 20.8 Å². The van der Waals surface area contributed by atoms with Crippen LogP contribution in [0.25, 0.3) is 0 Å². The average molecular weight is 286 g/mol. The van der Waals surface area contributed by atoms with E-state index in [0.29, 0.717) is 4.83 Å². The maximum Gasteiger partial charge on any atom is 0.211 e. The maximum atomic E-state index is 11.5. The summed E-state index contributed by atoms with van der Waals surface area (Å²) in [7, 11) is -3.06. The van der Waals surface area contributed by atoms with Gasteiger partial charge in [0.15, 0.2) is 0 Å². The topological polar surface area (TPSA) is 46.2 Å². The Morgan fingerprint density at radius 3 is 2.36 bits per heavy atom. The lowest BCUT2D eigenvalue weighted by molar-refractivity contribution is 0.545. The van der Waals surface area contributed by atoms with Crippen LogP contribution in [0.2, 0.25) is 0 Å². The molecule has 0 radical (unpaired) electrons. The zero-order chi connectivity index (χ0) is 11.2. The number of hydrogen-bond donors (Lipinski definition) is 1. The Kier molecular flexibility index (Phi) is 6.99. The molecule has 0 aromatic carbocycles. The zero-order valence-corrected chi connectivity index (χ0v) is 11.5. The van der Waals surface area contributed by atoms with Gasteiger partial charge < -0.3 is 0 Å². The van der Waals surface area contributed by atoms with Crippen LogP contribution in [-0.2, 0) is 10.0 Å². The lowest BCUT2D eigenvalue weighted by Gasteiger charge is -2.15. The molecule has 2 unspecified atom stereocenters. The largest absolute Gasteiger partial charge is 0.212 e. The van der Waals surface area contributed by atoms with Crippen LogP contribution >= 0.6 is 15.9 Å². The molecule has 0 bridgehead atoms. The van der Waals surface area contributed by atoms with Crippen molar-refractivity contribution in [1.82, 2.24) is 4.72 Å². The van der Waals surface area contributed by atoms with E-state index >= 15 is 0 Å². The molecule has 14 heavy (non-hydrogen) atoms. The van der Waals surface area contributed by atoms with Gasteiger partial charge in [-0.1, -0.05) is 36.2 Å². The van der Waals surface area contributed by atoms with E-state index in [1.165, 1.54) is 0 Å². The van der Waals surface area contributed by atoms with Crippen LogP contribution in [0.1, 0.15) is 40.0 Å². The first-order valence-electron chi connectivity index (χ1n) is 5.01. The Hall–Kier alpha value is 0.390. The van der Waals surface area contributed by atoms with Crippen LogP contribution in [0.15, 0.2) is 0 Å². The highest BCUT2D eigenvalue weighted by Crippen LogP contribution is 2.07. The first-order chi connectivity index (χ1) is 6.37. The van der Waals surface area contributed by atoms with E-state index in [4.69, 9.17) is 0 Å². The molecule has 0 amide bonds. The first kappa shape index (κ1) is 14.4. The third-order valence-corrected chi connectivity index (χ3v) is 3.79. The van der Waals surface area contributed by atoms with E-state index < -0.39 is 10.0 Å². The zero-order valence-electron chi connectivity index (χ0n) is 9.09. The fraction of sp³-hybridized carbons (Fsp3) is 1.00. The summed E-state index contributed by atoms with van der Waals surface area (Å²) in [5, 5.41) is 0. The van der Waals surface area contributed by atoms with Crippen molar-refractivity contribution in [3.63, 3.8) is 0 Å². The van der Waals surface area contributed by atoms with Gasteiger partial charge in [-0.15, -0.1) is 0 Å². The van der Waals surface area contributed by atoms with Gasteiger partial charge in [-0.25, -0.2) is 13.1 Å². The lowest BCUT2D eigenvalue weighted by atomic mass is 10.2. The summed E-state index contributed by atoms with van der Waals surface area (Å²) in [5.41, 5.74) is 0. The van der Waals surface area contributed by atoms with Crippen molar-refractivity contribution in [2.45, 2.75) is 50.9 Å². The van der Waals surface area contributed by atoms with Crippen molar-refractivity contribution in [2.75, 3.05) is 5.75 Å². The van der Waals surface area contributed by atoms with Crippen molar-refractivity contribution in [2.24, 2.45) is 0 Å². The summed E-state index contributed by atoms with van der Waals surface area (Å²) in [6.07, 6.45) is 2.45. The number of hydrogen-bond acceptors (Lipinski definition) is 2. The van der Waals surface area contributed by atoms with Gasteiger partial charge in [0.05, 0.1) is 5.75 Å². The summed E-state index contributed by atoms with van der Waals surface area (Å²) in [6, 6.07) is 0.00577. The van der Waals surface area contributed by atoms with E-state index in [9.17, 15) is 8.42 Å². The SMILES string of the molecule is CCCCS(=O)(=O)NC(C)CC(C)Br. The van der Waals surface area contributed by atoms with Gasteiger partial charge in [0.2, 0.25) is 10.0 Å². The molecule has 0 saturated heterocycles. The highest BCUT2D eigenvalue weighted by atomic mass is 79.9. The molecular formula is C9H20BrNO2S. The number of nitrogens with one attached hydrogen (secondary N) is 1. The van der Waals surface area contributed by atoms with Gasteiger partial charge in [-0.05, 0) is 19.8 Å². The summed E-state index contributed by atoms with van der Waals surface area (Å²) in [5.74, 6) is 0.241. The van der Waals surface area contributed by atoms with Gasteiger partial charge >= 0.3 is 0 Å². The Labute approximate surface area is 95.8 Å². The quantitative estimate of drug-likeness (QED) is 0.730.